The Labute approximate surface area is 261 Å². The second-order valence-electron chi connectivity index (χ2n) is 10.7. The van der Waals surface area contributed by atoms with Gasteiger partial charge < -0.3 is 28.7 Å². The molecule has 44 heavy (non-hydrogen) atoms. The van der Waals surface area contributed by atoms with E-state index in [4.69, 9.17) is 23.9 Å². The van der Waals surface area contributed by atoms with Crippen LogP contribution in [0.2, 0.25) is 0 Å². The largest absolute Gasteiger partial charge is 0.497 e. The molecule has 0 unspecified atom stereocenters. The predicted octanol–water partition coefficient (Wildman–Crippen LogP) is 5.21. The second kappa shape index (κ2) is 14.0. The highest BCUT2D eigenvalue weighted by Crippen LogP contribution is 2.48. The van der Waals surface area contributed by atoms with Crippen molar-refractivity contribution in [2.45, 2.75) is 45.8 Å². The van der Waals surface area contributed by atoms with E-state index in [1.165, 1.54) is 11.8 Å². The molecule has 1 amide bonds. The van der Waals surface area contributed by atoms with Crippen molar-refractivity contribution >= 4 is 34.8 Å². The number of carbonyl (C=O) groups excluding carboxylic acids is 3. The standard InChI is InChI=1S/C33H37N3O7S/c1-5-42-31(38)23-12-9-15-35(18-23)28(37)16-24-20-44-33-34-21(2)29(32(39)43-19-22-10-7-6-8-11-22)30(36(24)33)26-17-25(40-3)13-14-27(26)41-4/h6-8,10-11,13-14,17,20,23,30H,5,9,12,15-16,18-19H2,1-4H3/t23-,30+/m1/s1. The lowest BCUT2D eigenvalue weighted by atomic mass is 9.92. The molecule has 0 bridgehead atoms. The van der Waals surface area contributed by atoms with Gasteiger partial charge in [-0.15, -0.1) is 0 Å². The number of aliphatic imine (C=N–C) groups is 1. The van der Waals surface area contributed by atoms with Gasteiger partial charge >= 0.3 is 11.9 Å². The minimum atomic E-state index is -0.696. The van der Waals surface area contributed by atoms with Crippen LogP contribution in [0, 0.1) is 5.92 Å². The first-order valence-corrected chi connectivity index (χ1v) is 15.5. The van der Waals surface area contributed by atoms with E-state index in [-0.39, 0.29) is 30.8 Å². The van der Waals surface area contributed by atoms with Gasteiger partial charge in [0.25, 0.3) is 0 Å². The molecule has 0 radical (unpaired) electrons. The molecule has 1 saturated heterocycles. The van der Waals surface area contributed by atoms with Gasteiger partial charge in [0, 0.05) is 24.4 Å². The lowest BCUT2D eigenvalue weighted by Gasteiger charge is -2.37. The molecule has 11 heteroatoms. The molecule has 0 saturated carbocycles. The van der Waals surface area contributed by atoms with Crippen LogP contribution in [0.25, 0.3) is 0 Å². The molecule has 0 aromatic heterocycles. The van der Waals surface area contributed by atoms with Crippen LogP contribution in [0.5, 0.6) is 11.5 Å². The average Bonchev–Trinajstić information content (AvgIpc) is 3.44. The van der Waals surface area contributed by atoms with E-state index in [0.29, 0.717) is 65.3 Å². The lowest BCUT2D eigenvalue weighted by Crippen LogP contribution is -2.44. The molecule has 232 valence electrons. The Kier molecular flexibility index (Phi) is 9.94. The minimum Gasteiger partial charge on any atom is -0.497 e. The van der Waals surface area contributed by atoms with E-state index in [1.807, 2.05) is 46.7 Å². The number of carbonyl (C=O) groups is 3. The van der Waals surface area contributed by atoms with E-state index in [9.17, 15) is 14.4 Å². The maximum absolute atomic E-state index is 13.8. The highest BCUT2D eigenvalue weighted by atomic mass is 32.2. The Balaban J connectivity index is 1.46. The van der Waals surface area contributed by atoms with E-state index in [0.717, 1.165) is 12.0 Å². The third-order valence-electron chi connectivity index (χ3n) is 7.89. The van der Waals surface area contributed by atoms with Gasteiger partial charge in [-0.2, -0.15) is 0 Å². The molecule has 0 N–H and O–H groups in total. The number of amidine groups is 1. The highest BCUT2D eigenvalue weighted by molar-refractivity contribution is 8.16. The van der Waals surface area contributed by atoms with Crippen molar-refractivity contribution in [1.29, 1.82) is 0 Å². The van der Waals surface area contributed by atoms with Gasteiger partial charge in [0.15, 0.2) is 5.17 Å². The smallest absolute Gasteiger partial charge is 0.338 e. The highest BCUT2D eigenvalue weighted by Gasteiger charge is 2.43. The summed E-state index contributed by atoms with van der Waals surface area (Å²) >= 11 is 1.40. The zero-order chi connectivity index (χ0) is 31.2. The third kappa shape index (κ3) is 6.62. The number of piperidine rings is 1. The number of benzene rings is 2. The predicted molar refractivity (Wildman–Crippen MR) is 167 cm³/mol. The van der Waals surface area contributed by atoms with Crippen molar-refractivity contribution in [3.05, 3.63) is 82.0 Å². The van der Waals surface area contributed by atoms with Crippen molar-refractivity contribution in [3.8, 4) is 11.5 Å². The Hall–Kier alpha value is -4.25. The summed E-state index contributed by atoms with van der Waals surface area (Å²) in [7, 11) is 3.15. The van der Waals surface area contributed by atoms with Gasteiger partial charge in [-0.05, 0) is 55.9 Å². The SMILES string of the molecule is CCOC(=O)[C@@H]1CCCN(C(=O)CC2=CSC3=NC(C)=C(C(=O)OCc4ccccc4)[C@H](c4cc(OC)ccc4OC)N23)C1. The van der Waals surface area contributed by atoms with E-state index < -0.39 is 12.0 Å². The maximum atomic E-state index is 13.8. The Morgan fingerprint density at radius 3 is 2.57 bits per heavy atom. The van der Waals surface area contributed by atoms with Crippen molar-refractivity contribution in [1.82, 2.24) is 9.80 Å². The first kappa shape index (κ1) is 31.2. The van der Waals surface area contributed by atoms with Gasteiger partial charge in [-0.3, -0.25) is 9.59 Å². The van der Waals surface area contributed by atoms with Gasteiger partial charge in [0.05, 0.1) is 50.5 Å². The fraction of sp³-hybridized carbons (Fsp3) is 0.394. The first-order chi connectivity index (χ1) is 21.3. The molecule has 3 heterocycles. The van der Waals surface area contributed by atoms with Crippen LogP contribution in [0.3, 0.4) is 0 Å². The molecule has 3 aliphatic heterocycles. The summed E-state index contributed by atoms with van der Waals surface area (Å²) in [6, 6.07) is 14.2. The van der Waals surface area contributed by atoms with E-state index >= 15 is 0 Å². The number of rotatable bonds is 10. The van der Waals surface area contributed by atoms with Crippen LogP contribution in [0.4, 0.5) is 0 Å². The van der Waals surface area contributed by atoms with Crippen LogP contribution in [0.15, 0.2) is 75.9 Å². The minimum absolute atomic E-state index is 0.0652. The Bertz CT molecular complexity index is 1500. The summed E-state index contributed by atoms with van der Waals surface area (Å²) < 4.78 is 22.4. The average molecular weight is 620 g/mol. The van der Waals surface area contributed by atoms with Crippen molar-refractivity contribution in [2.75, 3.05) is 33.9 Å². The number of hydrogen-bond acceptors (Lipinski definition) is 10. The zero-order valence-electron chi connectivity index (χ0n) is 25.4. The molecule has 10 nitrogen and oxygen atoms in total. The molecular formula is C33H37N3O7S. The fourth-order valence-electron chi connectivity index (χ4n) is 5.70. The van der Waals surface area contributed by atoms with E-state index in [1.54, 1.807) is 45.1 Å². The Morgan fingerprint density at radius 1 is 1.05 bits per heavy atom. The first-order valence-electron chi connectivity index (χ1n) is 14.7. The molecule has 3 aliphatic rings. The molecule has 0 aliphatic carbocycles. The number of likely N-dealkylation sites (tertiary alicyclic amines) is 1. The molecule has 2 atom stereocenters. The molecule has 5 rings (SSSR count). The van der Waals surface area contributed by atoms with Crippen LogP contribution in [-0.2, 0) is 30.5 Å². The van der Waals surface area contributed by atoms with Crippen molar-refractivity contribution in [3.63, 3.8) is 0 Å². The molecular weight excluding hydrogens is 582 g/mol. The Morgan fingerprint density at radius 2 is 1.84 bits per heavy atom. The van der Waals surface area contributed by atoms with Crippen LogP contribution in [0.1, 0.15) is 50.3 Å². The van der Waals surface area contributed by atoms with Gasteiger partial charge in [0.1, 0.15) is 18.1 Å². The number of fused-ring (bicyclic) bond motifs is 1. The second-order valence-corrected chi connectivity index (χ2v) is 11.5. The number of allylic oxidation sites excluding steroid dienone is 1. The van der Waals surface area contributed by atoms with Gasteiger partial charge in [-0.1, -0.05) is 42.1 Å². The molecule has 1 fully saturated rings. The van der Waals surface area contributed by atoms with E-state index in [2.05, 4.69) is 0 Å². The third-order valence-corrected chi connectivity index (χ3v) is 8.78. The number of thioether (sulfide) groups is 1. The number of methoxy groups -OCH3 is 2. The maximum Gasteiger partial charge on any atom is 0.338 e. The van der Waals surface area contributed by atoms with Gasteiger partial charge in [-0.25, -0.2) is 9.79 Å². The van der Waals surface area contributed by atoms with Crippen molar-refractivity contribution in [2.24, 2.45) is 10.9 Å². The van der Waals surface area contributed by atoms with Crippen LogP contribution < -0.4 is 9.47 Å². The lowest BCUT2D eigenvalue weighted by molar-refractivity contribution is -0.151. The topological polar surface area (TPSA) is 107 Å². The number of esters is 2. The molecule has 0 spiro atoms. The number of hydrogen-bond donors (Lipinski definition) is 0. The normalized spacial score (nSPS) is 19.5. The summed E-state index contributed by atoms with van der Waals surface area (Å²) in [4.78, 5) is 48.3. The molecule has 2 aromatic carbocycles. The quantitative estimate of drug-likeness (QED) is 0.331. The van der Waals surface area contributed by atoms with Crippen molar-refractivity contribution < 1.29 is 33.3 Å². The number of nitrogens with zero attached hydrogens (tertiary/aromatic N) is 3. The van der Waals surface area contributed by atoms with Crippen LogP contribution in [-0.4, -0.2) is 66.7 Å². The zero-order valence-corrected chi connectivity index (χ0v) is 26.2. The summed E-state index contributed by atoms with van der Waals surface area (Å²) in [6.07, 6.45) is 1.48. The summed E-state index contributed by atoms with van der Waals surface area (Å²) in [5.41, 5.74) is 3.09. The number of ether oxygens (including phenoxy) is 4. The molecule has 2 aromatic rings. The van der Waals surface area contributed by atoms with Crippen LogP contribution >= 0.6 is 11.8 Å². The summed E-state index contributed by atoms with van der Waals surface area (Å²) in [5, 5.41) is 2.54. The fourth-order valence-corrected chi connectivity index (χ4v) is 6.67. The summed E-state index contributed by atoms with van der Waals surface area (Å²) in [6.45, 7) is 4.86. The van der Waals surface area contributed by atoms with Gasteiger partial charge in [0.2, 0.25) is 5.91 Å². The monoisotopic (exact) mass is 619 g/mol. The number of amides is 1. The summed E-state index contributed by atoms with van der Waals surface area (Å²) in [5.74, 6) is -0.0872.